The lowest BCUT2D eigenvalue weighted by molar-refractivity contribution is 0.0698. The molecule has 0 amide bonds. The maximum Gasteiger partial charge on any atom is 0.336 e. The summed E-state index contributed by atoms with van der Waals surface area (Å²) in [5, 5.41) is 11.7. The molecule has 5 nitrogen and oxygen atoms in total. The Morgan fingerprint density at radius 2 is 1.61 bits per heavy atom. The molecule has 0 radical (unpaired) electrons. The van der Waals surface area contributed by atoms with Crippen LogP contribution in [-0.4, -0.2) is 24.8 Å². The van der Waals surface area contributed by atoms with E-state index in [1.807, 2.05) is 72.8 Å². The van der Waals surface area contributed by atoms with Crippen molar-refractivity contribution in [2.45, 2.75) is 6.61 Å². The van der Waals surface area contributed by atoms with E-state index in [0.29, 0.717) is 29.2 Å². The molecule has 0 bridgehead atoms. The Kier molecular flexibility index (Phi) is 6.60. The molecule has 1 N–H and O–H groups in total. The van der Waals surface area contributed by atoms with Gasteiger partial charge in [-0.05, 0) is 46.7 Å². The second-order valence-corrected chi connectivity index (χ2v) is 7.38. The van der Waals surface area contributed by atoms with Gasteiger partial charge in [-0.1, -0.05) is 61.2 Å². The number of carbonyl (C=O) groups is 1. The Morgan fingerprint density at radius 3 is 2.30 bits per heavy atom. The molecule has 33 heavy (non-hydrogen) atoms. The number of hydrogen-bond acceptors (Lipinski definition) is 4. The number of carboxylic acids is 1. The summed E-state index contributed by atoms with van der Waals surface area (Å²) in [5.74, 6) is 0.809. The maximum atomic E-state index is 12.2. The summed E-state index contributed by atoms with van der Waals surface area (Å²) in [6.45, 7) is 4.31. The fourth-order valence-corrected chi connectivity index (χ4v) is 3.75. The van der Waals surface area contributed by atoms with Crippen LogP contribution in [0.2, 0.25) is 0 Å². The predicted molar refractivity (Wildman–Crippen MR) is 129 cm³/mol. The third-order valence-electron chi connectivity index (χ3n) is 5.31. The van der Waals surface area contributed by atoms with E-state index in [-0.39, 0.29) is 12.2 Å². The highest BCUT2D eigenvalue weighted by molar-refractivity contribution is 6.09. The largest absolute Gasteiger partial charge is 0.497 e. The molecule has 4 aromatic rings. The van der Waals surface area contributed by atoms with Crippen LogP contribution in [0.4, 0.5) is 0 Å². The van der Waals surface area contributed by atoms with E-state index < -0.39 is 5.97 Å². The van der Waals surface area contributed by atoms with Crippen LogP contribution in [0.5, 0.6) is 17.2 Å². The fourth-order valence-electron chi connectivity index (χ4n) is 3.75. The Bertz CT molecular complexity index is 1290. The molecule has 0 fully saturated rings. The smallest absolute Gasteiger partial charge is 0.336 e. The number of carboxylic acid groups (broad SMARTS) is 1. The number of ether oxygens (including phenoxy) is 3. The van der Waals surface area contributed by atoms with Gasteiger partial charge in [0.05, 0.1) is 18.2 Å². The van der Waals surface area contributed by atoms with Crippen molar-refractivity contribution in [1.82, 2.24) is 0 Å². The Hall–Kier alpha value is -4.25. The van der Waals surface area contributed by atoms with Crippen LogP contribution in [0, 0.1) is 0 Å². The Morgan fingerprint density at radius 1 is 0.879 bits per heavy atom. The first-order valence-electron chi connectivity index (χ1n) is 10.5. The minimum atomic E-state index is -1.02. The normalized spacial score (nSPS) is 10.6. The van der Waals surface area contributed by atoms with Crippen molar-refractivity contribution in [2.75, 3.05) is 13.7 Å². The topological polar surface area (TPSA) is 65.0 Å². The third kappa shape index (κ3) is 4.67. The zero-order valence-corrected chi connectivity index (χ0v) is 18.3. The summed E-state index contributed by atoms with van der Waals surface area (Å²) in [7, 11) is 1.62. The number of methoxy groups -OCH3 is 1. The predicted octanol–water partition coefficient (Wildman–Crippen LogP) is 6.36. The highest BCUT2D eigenvalue weighted by atomic mass is 16.5. The van der Waals surface area contributed by atoms with Crippen molar-refractivity contribution in [3.63, 3.8) is 0 Å². The first-order valence-corrected chi connectivity index (χ1v) is 10.5. The molecule has 0 heterocycles. The lowest BCUT2D eigenvalue weighted by Gasteiger charge is -2.19. The summed E-state index contributed by atoms with van der Waals surface area (Å²) in [4.78, 5) is 12.2. The highest BCUT2D eigenvalue weighted by Gasteiger charge is 2.22. The van der Waals surface area contributed by atoms with E-state index in [9.17, 15) is 9.90 Å². The molecule has 4 rings (SSSR count). The Labute approximate surface area is 192 Å². The van der Waals surface area contributed by atoms with Crippen LogP contribution < -0.4 is 14.2 Å². The van der Waals surface area contributed by atoms with E-state index in [2.05, 4.69) is 6.58 Å². The van der Waals surface area contributed by atoms with Crippen LogP contribution in [-0.2, 0) is 6.61 Å². The molecule has 0 saturated carbocycles. The fraction of sp³-hybridized carbons (Fsp3) is 0.107. The van der Waals surface area contributed by atoms with Gasteiger partial charge in [0.25, 0.3) is 0 Å². The quantitative estimate of drug-likeness (QED) is 0.307. The van der Waals surface area contributed by atoms with E-state index in [0.717, 1.165) is 22.1 Å². The van der Waals surface area contributed by atoms with Crippen LogP contribution >= 0.6 is 0 Å². The van der Waals surface area contributed by atoms with Gasteiger partial charge in [-0.15, -0.1) is 0 Å². The molecule has 0 atom stereocenters. The molecule has 0 aliphatic carbocycles. The summed E-state index contributed by atoms with van der Waals surface area (Å²) >= 11 is 0. The molecule has 0 unspecified atom stereocenters. The average Bonchev–Trinajstić information content (AvgIpc) is 2.85. The van der Waals surface area contributed by atoms with Crippen molar-refractivity contribution < 1.29 is 24.1 Å². The lowest BCUT2D eigenvalue weighted by Crippen LogP contribution is -2.05. The van der Waals surface area contributed by atoms with Crippen LogP contribution in [0.3, 0.4) is 0 Å². The van der Waals surface area contributed by atoms with Crippen molar-refractivity contribution in [3.05, 3.63) is 103 Å². The summed E-state index contributed by atoms with van der Waals surface area (Å²) < 4.78 is 17.4. The number of benzene rings is 4. The van der Waals surface area contributed by atoms with Crippen LogP contribution in [0.25, 0.3) is 21.9 Å². The molecular weight excluding hydrogens is 416 g/mol. The van der Waals surface area contributed by atoms with E-state index >= 15 is 0 Å². The number of hydrogen-bond donors (Lipinski definition) is 1. The van der Waals surface area contributed by atoms with Gasteiger partial charge >= 0.3 is 5.97 Å². The molecule has 0 aliphatic heterocycles. The first-order chi connectivity index (χ1) is 16.1. The lowest BCUT2D eigenvalue weighted by atomic mass is 9.92. The van der Waals surface area contributed by atoms with Gasteiger partial charge in [0.15, 0.2) is 0 Å². The average molecular weight is 440 g/mol. The van der Waals surface area contributed by atoms with Crippen LogP contribution in [0.1, 0.15) is 15.9 Å². The third-order valence-corrected chi connectivity index (χ3v) is 5.31. The summed E-state index contributed by atoms with van der Waals surface area (Å²) in [5.41, 5.74) is 2.29. The zero-order valence-electron chi connectivity index (χ0n) is 18.3. The molecule has 0 spiro atoms. The summed E-state index contributed by atoms with van der Waals surface area (Å²) in [6, 6.07) is 24.2. The number of fused-ring (bicyclic) bond motifs is 1. The van der Waals surface area contributed by atoms with Crippen molar-refractivity contribution in [1.29, 1.82) is 0 Å². The van der Waals surface area contributed by atoms with E-state index in [1.165, 1.54) is 0 Å². The second-order valence-electron chi connectivity index (χ2n) is 7.38. The van der Waals surface area contributed by atoms with Crippen molar-refractivity contribution in [3.8, 4) is 28.4 Å². The minimum absolute atomic E-state index is 0.178. The second kappa shape index (κ2) is 9.92. The molecule has 5 heteroatoms. The van der Waals surface area contributed by atoms with Gasteiger partial charge in [-0.2, -0.15) is 0 Å². The van der Waals surface area contributed by atoms with Gasteiger partial charge in [0.1, 0.15) is 30.5 Å². The number of aromatic carboxylic acids is 1. The summed E-state index contributed by atoms with van der Waals surface area (Å²) in [6.07, 6.45) is 1.65. The van der Waals surface area contributed by atoms with Gasteiger partial charge in [-0.25, -0.2) is 4.79 Å². The van der Waals surface area contributed by atoms with Gasteiger partial charge in [-0.3, -0.25) is 0 Å². The van der Waals surface area contributed by atoms with Gasteiger partial charge in [0, 0.05) is 5.56 Å². The molecule has 4 aromatic carbocycles. The Balaban J connectivity index is 1.86. The van der Waals surface area contributed by atoms with Crippen molar-refractivity contribution >= 4 is 16.7 Å². The SMILES string of the molecule is C=CCOc1cccc(OCc2ccc(OC)cc2)c1-c1c(C(=O)O)ccc2ccccc12. The van der Waals surface area contributed by atoms with E-state index in [4.69, 9.17) is 14.2 Å². The van der Waals surface area contributed by atoms with Gasteiger partial charge in [0.2, 0.25) is 0 Å². The molecule has 0 saturated heterocycles. The molecular formula is C28H24O5. The standard InChI is InChI=1S/C28H24O5/c1-3-17-32-24-9-6-10-25(33-18-19-11-14-21(31-2)15-12-19)27(24)26-22-8-5-4-7-20(22)13-16-23(26)28(29)30/h3-16H,1,17-18H2,2H3,(H,29,30). The van der Waals surface area contributed by atoms with Crippen molar-refractivity contribution in [2.24, 2.45) is 0 Å². The first kappa shape index (κ1) is 22.0. The zero-order chi connectivity index (χ0) is 23.2. The molecule has 0 aromatic heterocycles. The highest BCUT2D eigenvalue weighted by Crippen LogP contribution is 2.44. The molecule has 0 aliphatic rings. The molecule has 166 valence electrons. The minimum Gasteiger partial charge on any atom is -0.497 e. The maximum absolute atomic E-state index is 12.2. The number of rotatable bonds is 9. The monoisotopic (exact) mass is 440 g/mol. The van der Waals surface area contributed by atoms with Gasteiger partial charge < -0.3 is 19.3 Å². The van der Waals surface area contributed by atoms with Crippen LogP contribution in [0.15, 0.2) is 91.5 Å². The van der Waals surface area contributed by atoms with E-state index in [1.54, 1.807) is 19.3 Å².